The van der Waals surface area contributed by atoms with E-state index in [2.05, 4.69) is 25.0 Å². The lowest BCUT2D eigenvalue weighted by Crippen LogP contribution is -2.40. The summed E-state index contributed by atoms with van der Waals surface area (Å²) in [7, 11) is 0. The summed E-state index contributed by atoms with van der Waals surface area (Å²) in [5.41, 5.74) is 0.0297. The first-order valence-electron chi connectivity index (χ1n) is 10.3. The number of aromatic nitrogens is 5. The second-order valence-electron chi connectivity index (χ2n) is 8.22. The van der Waals surface area contributed by atoms with Gasteiger partial charge in [-0.2, -0.15) is 18.3 Å². The molecule has 2 fully saturated rings. The number of hydrogen-bond donors (Lipinski definition) is 0. The summed E-state index contributed by atoms with van der Waals surface area (Å²) in [6.07, 6.45) is -2.14. The van der Waals surface area contributed by atoms with Crippen LogP contribution in [0.5, 0.6) is 0 Å². The molecule has 0 aromatic carbocycles. The molecule has 0 spiro atoms. The third kappa shape index (κ3) is 3.93. The zero-order chi connectivity index (χ0) is 22.5. The van der Waals surface area contributed by atoms with E-state index in [0.717, 1.165) is 29.9 Å². The highest BCUT2D eigenvalue weighted by Crippen LogP contribution is 2.35. The predicted molar refractivity (Wildman–Crippen MR) is 107 cm³/mol. The number of rotatable bonds is 4. The van der Waals surface area contributed by atoms with Gasteiger partial charge in [0.1, 0.15) is 23.7 Å². The van der Waals surface area contributed by atoms with Crippen molar-refractivity contribution in [3.63, 3.8) is 0 Å². The van der Waals surface area contributed by atoms with Gasteiger partial charge in [-0.3, -0.25) is 0 Å². The molecule has 12 heteroatoms. The Kier molecular flexibility index (Phi) is 5.09. The van der Waals surface area contributed by atoms with Crippen LogP contribution in [-0.2, 0) is 12.7 Å². The molecule has 5 rings (SSSR count). The highest BCUT2D eigenvalue weighted by Gasteiger charge is 2.38. The summed E-state index contributed by atoms with van der Waals surface area (Å²) in [5.74, 6) is 1.84. The maximum absolute atomic E-state index is 12.8. The summed E-state index contributed by atoms with van der Waals surface area (Å²) in [4.78, 5) is 17.0. The molecular weight excluding hydrogens is 433 g/mol. The molecule has 2 unspecified atom stereocenters. The molecule has 0 radical (unpaired) electrons. The Bertz CT molecular complexity index is 1100. The van der Waals surface area contributed by atoms with Crippen LogP contribution < -0.4 is 9.80 Å². The lowest BCUT2D eigenvalue weighted by Gasteiger charge is -2.35. The van der Waals surface area contributed by atoms with Gasteiger partial charge in [0.2, 0.25) is 0 Å². The smallest absolute Gasteiger partial charge is 0.356 e. The maximum Gasteiger partial charge on any atom is 0.417 e. The minimum Gasteiger partial charge on any atom is -0.356 e. The monoisotopic (exact) mass is 453 g/mol. The molecule has 0 bridgehead atoms. The zero-order valence-corrected chi connectivity index (χ0v) is 16.9. The number of fused-ring (bicyclic) bond motifs is 2. The van der Waals surface area contributed by atoms with Crippen molar-refractivity contribution in [2.75, 3.05) is 36.0 Å². The Morgan fingerprint density at radius 2 is 1.72 bits per heavy atom. The molecule has 7 nitrogen and oxygen atoms in total. The molecular formula is C20H20F5N7. The fraction of sp³-hybridized carbons (Fsp3) is 0.500. The van der Waals surface area contributed by atoms with Crippen molar-refractivity contribution in [2.45, 2.75) is 25.6 Å². The van der Waals surface area contributed by atoms with Gasteiger partial charge in [-0.15, -0.1) is 0 Å². The summed E-state index contributed by atoms with van der Waals surface area (Å²) >= 11 is 0. The first kappa shape index (κ1) is 20.8. The molecule has 3 aromatic rings. The average Bonchev–Trinajstić information content (AvgIpc) is 3.36. The van der Waals surface area contributed by atoms with Crippen LogP contribution >= 0.6 is 0 Å². The van der Waals surface area contributed by atoms with Gasteiger partial charge >= 0.3 is 6.18 Å². The van der Waals surface area contributed by atoms with Gasteiger partial charge in [0, 0.05) is 32.4 Å². The lowest BCUT2D eigenvalue weighted by molar-refractivity contribution is -0.137. The van der Waals surface area contributed by atoms with Gasteiger partial charge in [-0.1, -0.05) is 0 Å². The standard InChI is InChI=1S/C20H20F5N7/c21-16(22)11-32-19-15(6-28-32)26-7-18(29-19)31-8-12-3-4-30(9-13(12)10-31)17-2-1-14(5-27-17)20(23,24)25/h1-2,5-7,12-13,16H,3-4,8-11H2. The van der Waals surface area contributed by atoms with Crippen LogP contribution in [0, 0.1) is 11.8 Å². The summed E-state index contributed by atoms with van der Waals surface area (Å²) < 4.78 is 65.1. The number of halogens is 5. The van der Waals surface area contributed by atoms with Crippen molar-refractivity contribution < 1.29 is 22.0 Å². The summed E-state index contributed by atoms with van der Waals surface area (Å²) in [6, 6.07) is 2.47. The molecule has 2 saturated heterocycles. The van der Waals surface area contributed by atoms with Crippen molar-refractivity contribution in [3.05, 3.63) is 36.3 Å². The van der Waals surface area contributed by atoms with Crippen LogP contribution in [0.2, 0.25) is 0 Å². The Balaban J connectivity index is 1.30. The van der Waals surface area contributed by atoms with E-state index < -0.39 is 24.7 Å². The summed E-state index contributed by atoms with van der Waals surface area (Å²) in [5, 5.41) is 3.95. The first-order chi connectivity index (χ1) is 15.3. The molecule has 0 aliphatic carbocycles. The maximum atomic E-state index is 12.8. The van der Waals surface area contributed by atoms with Crippen molar-refractivity contribution in [3.8, 4) is 0 Å². The van der Waals surface area contributed by atoms with E-state index in [1.807, 2.05) is 4.90 Å². The average molecular weight is 453 g/mol. The molecule has 0 amide bonds. The topological polar surface area (TPSA) is 63.0 Å². The van der Waals surface area contributed by atoms with Crippen LogP contribution in [0.1, 0.15) is 12.0 Å². The van der Waals surface area contributed by atoms with Gasteiger partial charge in [0.25, 0.3) is 6.43 Å². The van der Waals surface area contributed by atoms with Gasteiger partial charge in [-0.25, -0.2) is 28.4 Å². The largest absolute Gasteiger partial charge is 0.417 e. The minimum atomic E-state index is -4.41. The fourth-order valence-corrected chi connectivity index (χ4v) is 4.56. The van der Waals surface area contributed by atoms with Gasteiger partial charge in [0.15, 0.2) is 5.65 Å². The molecule has 170 valence electrons. The Morgan fingerprint density at radius 3 is 2.44 bits per heavy atom. The number of nitrogens with zero attached hydrogens (tertiary/aromatic N) is 7. The lowest BCUT2D eigenvalue weighted by atomic mass is 9.89. The molecule has 2 atom stereocenters. The first-order valence-corrected chi connectivity index (χ1v) is 10.3. The van der Waals surface area contributed by atoms with Crippen molar-refractivity contribution in [1.29, 1.82) is 0 Å². The molecule has 2 aliphatic heterocycles. The van der Waals surface area contributed by atoms with Crippen molar-refractivity contribution in [1.82, 2.24) is 24.7 Å². The Labute approximate surface area is 179 Å². The van der Waals surface area contributed by atoms with Gasteiger partial charge < -0.3 is 9.80 Å². The van der Waals surface area contributed by atoms with Gasteiger partial charge in [0.05, 0.1) is 18.0 Å². The zero-order valence-electron chi connectivity index (χ0n) is 16.9. The fourth-order valence-electron chi connectivity index (χ4n) is 4.56. The molecule has 5 heterocycles. The molecule has 32 heavy (non-hydrogen) atoms. The summed E-state index contributed by atoms with van der Waals surface area (Å²) in [6.45, 7) is 2.31. The molecule has 0 saturated carbocycles. The van der Waals surface area contributed by atoms with E-state index in [4.69, 9.17) is 0 Å². The Morgan fingerprint density at radius 1 is 0.938 bits per heavy atom. The van der Waals surface area contributed by atoms with E-state index in [1.165, 1.54) is 12.3 Å². The third-order valence-electron chi connectivity index (χ3n) is 6.17. The second-order valence-corrected chi connectivity index (χ2v) is 8.22. The quantitative estimate of drug-likeness (QED) is 0.564. The van der Waals surface area contributed by atoms with Crippen LogP contribution in [0.15, 0.2) is 30.7 Å². The van der Waals surface area contributed by atoms with Crippen molar-refractivity contribution >= 4 is 22.8 Å². The van der Waals surface area contributed by atoms with Crippen LogP contribution in [0.25, 0.3) is 11.2 Å². The number of piperidine rings is 1. The SMILES string of the molecule is FC(F)Cn1ncc2ncc(N3CC4CCN(c5ccc(C(F)(F)F)cn5)CC4C3)nc21. The Hall–Kier alpha value is -3.05. The number of alkyl halides is 5. The van der Waals surface area contributed by atoms with Crippen LogP contribution in [0.4, 0.5) is 33.6 Å². The highest BCUT2D eigenvalue weighted by atomic mass is 19.4. The molecule has 0 N–H and O–H groups in total. The third-order valence-corrected chi connectivity index (χ3v) is 6.17. The van der Waals surface area contributed by atoms with Crippen LogP contribution in [-0.4, -0.2) is 57.3 Å². The van der Waals surface area contributed by atoms with Gasteiger partial charge in [-0.05, 0) is 30.4 Å². The predicted octanol–water partition coefficient (Wildman–Crippen LogP) is 3.47. The van der Waals surface area contributed by atoms with E-state index in [9.17, 15) is 22.0 Å². The number of pyridine rings is 1. The minimum absolute atomic E-state index is 0.288. The molecule has 2 aliphatic rings. The van der Waals surface area contributed by atoms with Crippen LogP contribution in [0.3, 0.4) is 0 Å². The van der Waals surface area contributed by atoms with E-state index in [1.54, 1.807) is 6.20 Å². The highest BCUT2D eigenvalue weighted by molar-refractivity contribution is 5.71. The number of hydrogen-bond acceptors (Lipinski definition) is 6. The number of anilines is 2. The van der Waals surface area contributed by atoms with E-state index in [-0.39, 0.29) is 5.92 Å². The van der Waals surface area contributed by atoms with E-state index >= 15 is 0 Å². The van der Waals surface area contributed by atoms with Crippen molar-refractivity contribution in [2.24, 2.45) is 11.8 Å². The second kappa shape index (κ2) is 7.82. The van der Waals surface area contributed by atoms with E-state index in [0.29, 0.717) is 48.4 Å². The molecule has 3 aromatic heterocycles. The normalized spacial score (nSPS) is 21.6.